The molecule has 16 nitrogen and oxygen atoms in total. The maximum atomic E-state index is 15.3. The van der Waals surface area contributed by atoms with E-state index in [-0.39, 0.29) is 23.3 Å². The van der Waals surface area contributed by atoms with Gasteiger partial charge in [0.05, 0.1) is 48.2 Å². The second-order valence-electron chi connectivity index (χ2n) is 34.1. The number of aliphatic hydroxyl groups is 4. The molecule has 112 heavy (non-hydrogen) atoms. The van der Waals surface area contributed by atoms with Crippen molar-refractivity contribution in [1.82, 2.24) is 57.8 Å². The highest BCUT2D eigenvalue weighted by molar-refractivity contribution is 5.91. The quantitative estimate of drug-likeness (QED) is 0.0857. The van der Waals surface area contributed by atoms with Crippen LogP contribution in [0.4, 0.5) is 17.6 Å². The smallest absolute Gasteiger partial charge is 0.147 e. The molecule has 8 aliphatic heterocycles. The molecule has 0 radical (unpaired) electrons. The lowest BCUT2D eigenvalue weighted by molar-refractivity contribution is 0.0375. The van der Waals surface area contributed by atoms with Gasteiger partial charge in [0.2, 0.25) is 0 Å². The van der Waals surface area contributed by atoms with Crippen LogP contribution in [0.3, 0.4) is 0 Å². The summed E-state index contributed by atoms with van der Waals surface area (Å²) in [7, 11) is 0. The molecule has 4 fully saturated rings. The van der Waals surface area contributed by atoms with Crippen molar-refractivity contribution in [3.8, 4) is 0 Å². The fraction of sp³-hybridized carbons (Fsp3) is 0.435. The molecule has 4 aromatic carbocycles. The Balaban J connectivity index is 0.000000108. The minimum atomic E-state index is -1.13. The molecule has 4 saturated heterocycles. The van der Waals surface area contributed by atoms with Crippen LogP contribution in [-0.2, 0) is 74.3 Å². The van der Waals surface area contributed by atoms with Gasteiger partial charge in [-0.25, -0.2) is 17.6 Å². The van der Waals surface area contributed by atoms with Crippen molar-refractivity contribution in [3.63, 3.8) is 0 Å². The first-order valence-corrected chi connectivity index (χ1v) is 40.5. The van der Waals surface area contributed by atoms with E-state index in [4.69, 9.17) is 0 Å². The summed E-state index contributed by atoms with van der Waals surface area (Å²) in [5.74, 6) is -0.677. The predicted molar refractivity (Wildman–Crippen MR) is 431 cm³/mol. The Bertz CT molecular complexity index is 5270. The molecule has 8 aliphatic rings. The summed E-state index contributed by atoms with van der Waals surface area (Å²) in [6, 6.07) is 31.3. The summed E-state index contributed by atoms with van der Waals surface area (Å²) in [6.45, 7) is 24.8. The minimum absolute atomic E-state index is 0.107. The van der Waals surface area contributed by atoms with E-state index < -0.39 is 22.4 Å². The number of aryl methyl sites for hydroxylation is 4. The molecule has 584 valence electrons. The van der Waals surface area contributed by atoms with Crippen LogP contribution in [-0.4, -0.2) is 131 Å². The lowest BCUT2D eigenvalue weighted by Crippen LogP contribution is -2.33. The van der Waals surface area contributed by atoms with Crippen molar-refractivity contribution >= 4 is 43.6 Å². The highest BCUT2D eigenvalue weighted by atomic mass is 19.1. The molecule has 12 aromatic rings. The lowest BCUT2D eigenvalue weighted by atomic mass is 9.94. The van der Waals surface area contributed by atoms with Crippen molar-refractivity contribution < 1.29 is 38.0 Å². The molecule has 0 amide bonds. The Kier molecular flexibility index (Phi) is 20.1. The zero-order valence-electron chi connectivity index (χ0n) is 65.8. The fourth-order valence-electron chi connectivity index (χ4n) is 20.7. The molecule has 0 aliphatic carbocycles. The molecule has 0 saturated carbocycles. The number of rotatable bonds is 12. The summed E-state index contributed by atoms with van der Waals surface area (Å²) in [5, 5.41) is 49.2. The third-order valence-corrected chi connectivity index (χ3v) is 26.3. The molecule has 20 heteroatoms. The van der Waals surface area contributed by atoms with Gasteiger partial charge in [-0.15, -0.1) is 0 Å². The zero-order valence-corrected chi connectivity index (χ0v) is 65.8. The molecule has 20 rings (SSSR count). The Morgan fingerprint density at radius 3 is 1.16 bits per heavy atom. The summed E-state index contributed by atoms with van der Waals surface area (Å²) in [6.07, 6.45) is 26.6. The Labute approximate surface area is 653 Å². The van der Waals surface area contributed by atoms with Gasteiger partial charge < -0.3 is 38.7 Å². The summed E-state index contributed by atoms with van der Waals surface area (Å²) < 4.78 is 68.1. The summed E-state index contributed by atoms with van der Waals surface area (Å²) >= 11 is 0. The van der Waals surface area contributed by atoms with Crippen molar-refractivity contribution in [2.45, 2.75) is 205 Å². The monoisotopic (exact) mass is 1520 g/mol. The maximum Gasteiger partial charge on any atom is 0.147 e. The van der Waals surface area contributed by atoms with Crippen LogP contribution < -0.4 is 0 Å². The van der Waals surface area contributed by atoms with Gasteiger partial charge >= 0.3 is 0 Å². The van der Waals surface area contributed by atoms with Crippen LogP contribution in [0.15, 0.2) is 147 Å². The number of halogens is 4. The summed E-state index contributed by atoms with van der Waals surface area (Å²) in [5.41, 5.74) is 15.2. The molecule has 8 unspecified atom stereocenters. The van der Waals surface area contributed by atoms with Gasteiger partial charge in [0.15, 0.2) is 0 Å². The number of benzene rings is 4. The third-order valence-electron chi connectivity index (χ3n) is 26.3. The SMILES string of the molecule is Cc1cc(F)c2c(c1)c1c(n2CC(C)(O)c2cccnc2)CCN2CCCC12.Cc1cc2c3c(n(CC(C)(O)c4cccnc4)c2cc1F)CCN1CCCC31.Cc1cc2c3c(n(CC(C)(O)c4ccncc4)c2cc1F)CCN1CCCC31.Cc1ccc2c(c1F)c1c(n2CC(C)(O)c2ccncc2)CCN2CCCC12. The number of hydrogen-bond acceptors (Lipinski definition) is 12. The lowest BCUT2D eigenvalue weighted by Gasteiger charge is -2.32. The number of hydrogen-bond donors (Lipinski definition) is 4. The molecule has 8 atom stereocenters. The highest BCUT2D eigenvalue weighted by Gasteiger charge is 2.43. The maximum absolute atomic E-state index is 15.3. The van der Waals surface area contributed by atoms with Crippen LogP contribution in [0.2, 0.25) is 0 Å². The molecule has 4 N–H and O–H groups in total. The normalized spacial score (nSPS) is 21.5. The second-order valence-corrected chi connectivity index (χ2v) is 34.1. The van der Waals surface area contributed by atoms with Gasteiger partial charge in [-0.1, -0.05) is 18.2 Å². The van der Waals surface area contributed by atoms with Gasteiger partial charge in [0.25, 0.3) is 0 Å². The third kappa shape index (κ3) is 13.7. The minimum Gasteiger partial charge on any atom is -0.384 e. The molecular formula is C92H104F4N12O4. The average Bonchev–Trinajstić information content (AvgIpc) is 1.67. The molecule has 0 spiro atoms. The molecular weight excluding hydrogens is 1410 g/mol. The van der Waals surface area contributed by atoms with E-state index in [2.05, 4.69) is 59.3 Å². The largest absolute Gasteiger partial charge is 0.384 e. The number of pyridine rings is 4. The van der Waals surface area contributed by atoms with Gasteiger partial charge in [-0.05, 0) is 262 Å². The van der Waals surface area contributed by atoms with E-state index in [1.165, 1.54) is 65.1 Å². The standard InChI is InChI=1S/4C23H26FN3O/c1-15-11-17-21(12-18(15)24)27(14-23(2,28)16-5-3-8-25-13-16)20-7-10-26-9-4-6-19(26)22(17)20;1-15-11-17-21-19-6-4-9-26(19)10-7-20(21)27(22(17)18(24)12-15)14-23(2,28)16-5-3-8-25-13-16;1-15-12-17-21(13-18(15)24)27(14-23(2,28)16-5-8-25-9-6-16)20-7-11-26-10-3-4-19(26)22(17)20;1-15-5-6-18-21(22(15)24)20-17-4-3-12-26(17)13-9-19(20)27(18)14-23(2,28)16-7-10-25-11-8-16/h2*3,5,8,11-13,19,28H,4,6-7,9-10,14H2,1-2H3;5-6,8-9,12-13,19,28H,3-4,7,10-11,14H2,1-2H3;5-8,10-11,17,28H,3-4,9,12-14H2,1-2H3. The topological polar surface area (TPSA) is 165 Å². The molecule has 8 aromatic heterocycles. The van der Waals surface area contributed by atoms with Crippen LogP contribution >= 0.6 is 0 Å². The number of aromatic nitrogens is 8. The van der Waals surface area contributed by atoms with Gasteiger partial charge in [0, 0.05) is 187 Å². The first-order valence-electron chi connectivity index (χ1n) is 40.5. The zero-order chi connectivity index (χ0) is 77.9. The first kappa shape index (κ1) is 75.7. The van der Waals surface area contributed by atoms with Gasteiger partial charge in [-0.3, -0.25) is 39.5 Å². The van der Waals surface area contributed by atoms with Crippen molar-refractivity contribution in [3.05, 3.63) is 259 Å². The van der Waals surface area contributed by atoms with Crippen LogP contribution in [0, 0.1) is 51.0 Å². The average molecular weight is 1520 g/mol. The van der Waals surface area contributed by atoms with Crippen LogP contribution in [0.25, 0.3) is 43.6 Å². The van der Waals surface area contributed by atoms with E-state index >= 15 is 8.78 Å². The Morgan fingerprint density at radius 1 is 0.366 bits per heavy atom. The highest BCUT2D eigenvalue weighted by Crippen LogP contribution is 2.50. The van der Waals surface area contributed by atoms with Gasteiger partial charge in [-0.2, -0.15) is 0 Å². The van der Waals surface area contributed by atoms with E-state index in [0.717, 1.165) is 175 Å². The van der Waals surface area contributed by atoms with Crippen LogP contribution in [0.5, 0.6) is 0 Å². The van der Waals surface area contributed by atoms with Crippen molar-refractivity contribution in [2.24, 2.45) is 0 Å². The fourth-order valence-corrected chi connectivity index (χ4v) is 20.7. The number of fused-ring (bicyclic) bond motifs is 20. The molecule has 16 heterocycles. The Morgan fingerprint density at radius 2 is 0.741 bits per heavy atom. The van der Waals surface area contributed by atoms with E-state index in [1.54, 1.807) is 74.7 Å². The first-order chi connectivity index (χ1) is 53.8. The van der Waals surface area contributed by atoms with E-state index in [9.17, 15) is 29.2 Å². The van der Waals surface area contributed by atoms with Crippen LogP contribution in [0.1, 0.15) is 193 Å². The van der Waals surface area contributed by atoms with Crippen molar-refractivity contribution in [1.29, 1.82) is 0 Å². The second kappa shape index (κ2) is 29.8. The van der Waals surface area contributed by atoms with Crippen molar-refractivity contribution in [2.75, 3.05) is 52.4 Å². The van der Waals surface area contributed by atoms with E-state index in [0.29, 0.717) is 72.6 Å². The van der Waals surface area contributed by atoms with E-state index in [1.807, 2.05) is 126 Å². The van der Waals surface area contributed by atoms with Gasteiger partial charge in [0.1, 0.15) is 45.7 Å². The number of nitrogens with zero attached hydrogens (tertiary/aromatic N) is 12. The summed E-state index contributed by atoms with van der Waals surface area (Å²) in [4.78, 5) is 26.6. The molecule has 0 bridgehead atoms. The Hall–Kier alpha value is -8.96. The predicted octanol–water partition coefficient (Wildman–Crippen LogP) is 16.3.